The van der Waals surface area contributed by atoms with Gasteiger partial charge in [0, 0.05) is 17.1 Å². The van der Waals surface area contributed by atoms with Crippen molar-refractivity contribution in [3.05, 3.63) is 88.9 Å². The number of nitrogens with one attached hydrogen (secondary N) is 1. The highest BCUT2D eigenvalue weighted by Crippen LogP contribution is 2.28. The minimum atomic E-state index is -4.15. The average molecular weight is 657 g/mol. The van der Waals surface area contributed by atoms with Crippen molar-refractivity contribution in [1.29, 1.82) is 0 Å². The molecule has 0 saturated heterocycles. The van der Waals surface area contributed by atoms with Crippen molar-refractivity contribution < 1.29 is 22.7 Å². The number of rotatable bonds is 13. The Kier molecular flexibility index (Phi) is 11.0. The van der Waals surface area contributed by atoms with Gasteiger partial charge in [-0.1, -0.05) is 66.0 Å². The number of ether oxygens (including phenoxy) is 1. The lowest BCUT2D eigenvalue weighted by molar-refractivity contribution is -0.140. The van der Waals surface area contributed by atoms with Gasteiger partial charge >= 0.3 is 0 Å². The second-order valence-electron chi connectivity index (χ2n) is 10.3. The van der Waals surface area contributed by atoms with E-state index in [1.807, 2.05) is 44.2 Å². The van der Waals surface area contributed by atoms with Crippen LogP contribution in [0.3, 0.4) is 0 Å². The third-order valence-electron chi connectivity index (χ3n) is 7.40. The molecule has 1 fully saturated rings. The Morgan fingerprint density at radius 1 is 0.952 bits per heavy atom. The third-order valence-corrected chi connectivity index (χ3v) is 9.72. The van der Waals surface area contributed by atoms with Gasteiger partial charge in [-0.15, -0.1) is 0 Å². The summed E-state index contributed by atoms with van der Waals surface area (Å²) in [6.45, 7) is 3.89. The molecule has 0 spiro atoms. The molecular weight excluding hydrogens is 618 g/mol. The molecule has 42 heavy (non-hydrogen) atoms. The van der Waals surface area contributed by atoms with Crippen LogP contribution in [0.25, 0.3) is 0 Å². The lowest BCUT2D eigenvalue weighted by Crippen LogP contribution is -2.53. The molecule has 0 radical (unpaired) electrons. The first-order chi connectivity index (χ1) is 20.2. The summed E-state index contributed by atoms with van der Waals surface area (Å²) in [5, 5.41) is 3.13. The molecule has 224 valence electrons. The Morgan fingerprint density at radius 3 is 2.19 bits per heavy atom. The number of nitrogens with zero attached hydrogens (tertiary/aromatic N) is 2. The van der Waals surface area contributed by atoms with E-state index in [0.717, 1.165) is 40.0 Å². The highest BCUT2D eigenvalue weighted by molar-refractivity contribution is 9.10. The summed E-state index contributed by atoms with van der Waals surface area (Å²) in [4.78, 5) is 29.3. The number of amides is 2. The van der Waals surface area contributed by atoms with E-state index in [9.17, 15) is 18.0 Å². The number of carbonyl (C=O) groups is 2. The Bertz CT molecular complexity index is 1430. The van der Waals surface area contributed by atoms with Crippen molar-refractivity contribution in [2.24, 2.45) is 0 Å². The van der Waals surface area contributed by atoms with Crippen LogP contribution in [0, 0.1) is 0 Å². The van der Waals surface area contributed by atoms with Crippen molar-refractivity contribution in [1.82, 2.24) is 10.2 Å². The number of hydrogen-bond acceptors (Lipinski definition) is 5. The van der Waals surface area contributed by atoms with Gasteiger partial charge in [0.05, 0.1) is 17.2 Å². The first kappa shape index (κ1) is 31.6. The van der Waals surface area contributed by atoms with Crippen molar-refractivity contribution in [3.8, 4) is 5.75 Å². The molecule has 3 aromatic carbocycles. The minimum absolute atomic E-state index is 0.0491. The predicted molar refractivity (Wildman–Crippen MR) is 168 cm³/mol. The fourth-order valence-corrected chi connectivity index (χ4v) is 6.88. The molecule has 1 aliphatic carbocycles. The highest BCUT2D eigenvalue weighted by Gasteiger charge is 2.34. The summed E-state index contributed by atoms with van der Waals surface area (Å²) in [7, 11) is -4.15. The zero-order chi connectivity index (χ0) is 30.1. The zero-order valence-electron chi connectivity index (χ0n) is 24.0. The van der Waals surface area contributed by atoms with E-state index in [-0.39, 0.29) is 23.4 Å². The normalized spacial score (nSPS) is 14.3. The van der Waals surface area contributed by atoms with Gasteiger partial charge in [-0.25, -0.2) is 8.42 Å². The summed E-state index contributed by atoms with van der Waals surface area (Å²) in [6, 6.07) is 21.7. The average Bonchev–Trinajstić information content (AvgIpc) is 3.50. The van der Waals surface area contributed by atoms with E-state index >= 15 is 0 Å². The van der Waals surface area contributed by atoms with E-state index < -0.39 is 28.5 Å². The van der Waals surface area contributed by atoms with Gasteiger partial charge < -0.3 is 15.0 Å². The SMILES string of the molecule is CCOc1ccc(N(CC(=O)N(Cc2ccccc2)C(CC)C(=O)NC2CCCC2)S(=O)(=O)c2ccc(Br)cc2)cc1. The van der Waals surface area contributed by atoms with Crippen LogP contribution in [0.1, 0.15) is 51.5 Å². The van der Waals surface area contributed by atoms with Crippen LogP contribution in [0.4, 0.5) is 5.69 Å². The van der Waals surface area contributed by atoms with Crippen LogP contribution in [0.15, 0.2) is 88.2 Å². The number of carbonyl (C=O) groups excluding carboxylic acids is 2. The van der Waals surface area contributed by atoms with E-state index in [0.29, 0.717) is 24.5 Å². The van der Waals surface area contributed by atoms with Gasteiger partial charge in [0.2, 0.25) is 11.8 Å². The Labute approximate surface area is 257 Å². The molecule has 1 aliphatic rings. The van der Waals surface area contributed by atoms with Crippen molar-refractivity contribution >= 4 is 43.5 Å². The fourth-order valence-electron chi connectivity index (χ4n) is 5.20. The summed E-state index contributed by atoms with van der Waals surface area (Å²) < 4.78 is 35.4. The maximum Gasteiger partial charge on any atom is 0.264 e. The Hall–Kier alpha value is -3.37. The fraction of sp³-hybridized carbons (Fsp3) is 0.375. The Balaban J connectivity index is 1.70. The number of benzene rings is 3. The minimum Gasteiger partial charge on any atom is -0.494 e. The first-order valence-electron chi connectivity index (χ1n) is 14.4. The second kappa shape index (κ2) is 14.7. The van der Waals surface area contributed by atoms with Crippen molar-refractivity contribution in [3.63, 3.8) is 0 Å². The molecule has 4 rings (SSSR count). The molecule has 1 N–H and O–H groups in total. The van der Waals surface area contributed by atoms with E-state index in [1.165, 1.54) is 17.0 Å². The van der Waals surface area contributed by atoms with E-state index in [2.05, 4.69) is 21.2 Å². The highest BCUT2D eigenvalue weighted by atomic mass is 79.9. The monoisotopic (exact) mass is 655 g/mol. The summed E-state index contributed by atoms with van der Waals surface area (Å²) in [5.74, 6) is -0.0900. The van der Waals surface area contributed by atoms with Gasteiger partial charge in [-0.3, -0.25) is 13.9 Å². The summed E-state index contributed by atoms with van der Waals surface area (Å²) >= 11 is 3.36. The summed E-state index contributed by atoms with van der Waals surface area (Å²) in [6.07, 6.45) is 4.37. The van der Waals surface area contributed by atoms with Gasteiger partial charge in [-0.05, 0) is 80.3 Å². The molecule has 1 atom stereocenters. The van der Waals surface area contributed by atoms with Gasteiger partial charge in [0.1, 0.15) is 18.3 Å². The molecular formula is C32H38BrN3O5S. The quantitative estimate of drug-likeness (QED) is 0.247. The Morgan fingerprint density at radius 2 is 1.60 bits per heavy atom. The second-order valence-corrected chi connectivity index (χ2v) is 13.1. The van der Waals surface area contributed by atoms with Gasteiger partial charge in [0.25, 0.3) is 10.0 Å². The zero-order valence-corrected chi connectivity index (χ0v) is 26.4. The largest absolute Gasteiger partial charge is 0.494 e. The lowest BCUT2D eigenvalue weighted by atomic mass is 10.1. The standard InChI is InChI=1S/C32H38BrN3O5S/c1-3-30(32(38)34-26-12-8-9-13-26)35(22-24-10-6-5-7-11-24)31(37)23-36(27-16-18-28(19-17-27)41-4-2)42(39,40)29-20-14-25(33)15-21-29/h5-7,10-11,14-21,26,30H,3-4,8-9,12-13,22-23H2,1-2H3,(H,34,38). The number of anilines is 1. The molecule has 1 unspecified atom stereocenters. The summed E-state index contributed by atoms with van der Waals surface area (Å²) in [5.41, 5.74) is 1.17. The van der Waals surface area contributed by atoms with Gasteiger partial charge in [0.15, 0.2) is 0 Å². The molecule has 0 heterocycles. The molecule has 1 saturated carbocycles. The topological polar surface area (TPSA) is 96.0 Å². The van der Waals surface area contributed by atoms with Crippen LogP contribution in [0.2, 0.25) is 0 Å². The molecule has 3 aromatic rings. The molecule has 10 heteroatoms. The molecule has 0 aromatic heterocycles. The van der Waals surface area contributed by atoms with Gasteiger partial charge in [-0.2, -0.15) is 0 Å². The van der Waals surface area contributed by atoms with Crippen molar-refractivity contribution in [2.45, 2.75) is 69.5 Å². The lowest BCUT2D eigenvalue weighted by Gasteiger charge is -2.33. The maximum atomic E-state index is 14.2. The van der Waals surface area contributed by atoms with Crippen LogP contribution >= 0.6 is 15.9 Å². The van der Waals surface area contributed by atoms with Crippen LogP contribution in [-0.4, -0.2) is 50.4 Å². The molecule has 8 nitrogen and oxygen atoms in total. The van der Waals surface area contributed by atoms with Crippen molar-refractivity contribution in [2.75, 3.05) is 17.5 Å². The number of halogens is 1. The van der Waals surface area contributed by atoms with E-state index in [1.54, 1.807) is 36.4 Å². The molecule has 0 aliphatic heterocycles. The molecule has 2 amide bonds. The van der Waals surface area contributed by atoms with Crippen LogP contribution < -0.4 is 14.4 Å². The number of hydrogen-bond donors (Lipinski definition) is 1. The molecule has 0 bridgehead atoms. The van der Waals surface area contributed by atoms with Crippen LogP contribution in [-0.2, 0) is 26.2 Å². The number of sulfonamides is 1. The smallest absolute Gasteiger partial charge is 0.264 e. The van der Waals surface area contributed by atoms with Crippen LogP contribution in [0.5, 0.6) is 5.75 Å². The first-order valence-corrected chi connectivity index (χ1v) is 16.6. The predicted octanol–water partition coefficient (Wildman–Crippen LogP) is 5.91. The van der Waals surface area contributed by atoms with E-state index in [4.69, 9.17) is 4.74 Å². The maximum absolute atomic E-state index is 14.2. The third kappa shape index (κ3) is 7.92.